The summed E-state index contributed by atoms with van der Waals surface area (Å²) in [6, 6.07) is 6.05. The van der Waals surface area contributed by atoms with Crippen LogP contribution in [-0.4, -0.2) is 25.8 Å². The molecule has 1 unspecified atom stereocenters. The van der Waals surface area contributed by atoms with Gasteiger partial charge < -0.3 is 9.47 Å². The van der Waals surface area contributed by atoms with E-state index < -0.39 is 24.1 Å². The van der Waals surface area contributed by atoms with Crippen LogP contribution < -0.4 is 4.74 Å². The normalized spacial score (nSPS) is 15.3. The van der Waals surface area contributed by atoms with Gasteiger partial charge in [0.1, 0.15) is 5.75 Å². The van der Waals surface area contributed by atoms with Crippen molar-refractivity contribution in [2.45, 2.75) is 50.8 Å². The number of hydrogen-bond acceptors (Lipinski definition) is 2. The molecule has 0 radical (unpaired) electrons. The van der Waals surface area contributed by atoms with Gasteiger partial charge in [-0.25, -0.2) is 0 Å². The summed E-state index contributed by atoms with van der Waals surface area (Å²) in [7, 11) is 1.11. The number of unbranched alkanes of at least 4 members (excludes halogenated alkanes) is 1. The van der Waals surface area contributed by atoms with E-state index in [1.165, 1.54) is 19.1 Å². The van der Waals surface area contributed by atoms with Crippen LogP contribution in [0.3, 0.4) is 0 Å². The average Bonchev–Trinajstić information content (AvgIpc) is 2.46. The Balaban J connectivity index is 3.01. The molecular formula is C16H21F5O2. The molecule has 1 rings (SSSR count). The highest BCUT2D eigenvalue weighted by atomic mass is 19.4. The van der Waals surface area contributed by atoms with E-state index in [-0.39, 0.29) is 5.56 Å². The van der Waals surface area contributed by atoms with Crippen molar-refractivity contribution in [3.05, 3.63) is 29.8 Å². The van der Waals surface area contributed by atoms with E-state index in [4.69, 9.17) is 9.47 Å². The molecule has 0 spiro atoms. The molecule has 1 aromatic carbocycles. The van der Waals surface area contributed by atoms with E-state index >= 15 is 0 Å². The maximum absolute atomic E-state index is 13.4. The lowest BCUT2D eigenvalue weighted by molar-refractivity contribution is -0.298. The summed E-state index contributed by atoms with van der Waals surface area (Å²) < 4.78 is 74.7. The van der Waals surface area contributed by atoms with Crippen LogP contribution >= 0.6 is 0 Å². The summed E-state index contributed by atoms with van der Waals surface area (Å²) in [4.78, 5) is 0. The fourth-order valence-corrected chi connectivity index (χ4v) is 2.07. The minimum absolute atomic E-state index is 0.206. The standard InChI is InChI=1S/C16H21F5O2/c1-4-5-9-23-13-8-6-7-12(10-13)14(2,22-3)11-15(17,18)16(19,20)21/h6-8,10H,4-5,9,11H2,1-3H3. The zero-order valence-corrected chi connectivity index (χ0v) is 13.3. The van der Waals surface area contributed by atoms with Crippen LogP contribution in [-0.2, 0) is 10.3 Å². The highest BCUT2D eigenvalue weighted by Gasteiger charge is 2.60. The molecule has 0 aromatic heterocycles. The Hall–Kier alpha value is -1.37. The second-order valence-electron chi connectivity index (χ2n) is 5.54. The van der Waals surface area contributed by atoms with Crippen molar-refractivity contribution < 1.29 is 31.4 Å². The van der Waals surface area contributed by atoms with Gasteiger partial charge in [-0.1, -0.05) is 25.5 Å². The molecule has 132 valence electrons. The van der Waals surface area contributed by atoms with Crippen molar-refractivity contribution in [2.24, 2.45) is 0 Å². The molecule has 7 heteroatoms. The summed E-state index contributed by atoms with van der Waals surface area (Å²) in [6.07, 6.45) is -5.38. The first-order chi connectivity index (χ1) is 10.6. The van der Waals surface area contributed by atoms with Crippen molar-refractivity contribution in [3.8, 4) is 5.75 Å². The van der Waals surface area contributed by atoms with Gasteiger partial charge in [-0.2, -0.15) is 22.0 Å². The molecule has 0 bridgehead atoms. The number of methoxy groups -OCH3 is 1. The zero-order chi connectivity index (χ0) is 17.7. The van der Waals surface area contributed by atoms with Gasteiger partial charge in [-0.3, -0.25) is 0 Å². The topological polar surface area (TPSA) is 18.5 Å². The van der Waals surface area contributed by atoms with Crippen molar-refractivity contribution >= 4 is 0 Å². The molecule has 0 aliphatic rings. The van der Waals surface area contributed by atoms with E-state index in [1.807, 2.05) is 6.92 Å². The molecule has 0 aliphatic carbocycles. The molecule has 0 saturated carbocycles. The van der Waals surface area contributed by atoms with Crippen LogP contribution in [0.1, 0.15) is 38.7 Å². The summed E-state index contributed by atoms with van der Waals surface area (Å²) in [5.41, 5.74) is -1.58. The van der Waals surface area contributed by atoms with E-state index in [0.29, 0.717) is 12.4 Å². The minimum Gasteiger partial charge on any atom is -0.494 e. The molecule has 0 heterocycles. The largest absolute Gasteiger partial charge is 0.494 e. The minimum atomic E-state index is -5.62. The molecule has 0 amide bonds. The lowest BCUT2D eigenvalue weighted by Gasteiger charge is -2.33. The van der Waals surface area contributed by atoms with E-state index in [9.17, 15) is 22.0 Å². The second-order valence-corrected chi connectivity index (χ2v) is 5.54. The van der Waals surface area contributed by atoms with E-state index in [2.05, 4.69) is 0 Å². The number of benzene rings is 1. The molecule has 0 aliphatic heterocycles. The van der Waals surface area contributed by atoms with Gasteiger partial charge in [0.15, 0.2) is 0 Å². The van der Waals surface area contributed by atoms with Gasteiger partial charge >= 0.3 is 12.1 Å². The van der Waals surface area contributed by atoms with Crippen molar-refractivity contribution in [3.63, 3.8) is 0 Å². The summed E-state index contributed by atoms with van der Waals surface area (Å²) >= 11 is 0. The van der Waals surface area contributed by atoms with Crippen LogP contribution in [0.4, 0.5) is 22.0 Å². The number of hydrogen-bond donors (Lipinski definition) is 0. The van der Waals surface area contributed by atoms with Crippen molar-refractivity contribution in [2.75, 3.05) is 13.7 Å². The first kappa shape index (κ1) is 19.7. The molecule has 2 nitrogen and oxygen atoms in total. The zero-order valence-electron chi connectivity index (χ0n) is 13.3. The highest BCUT2D eigenvalue weighted by Crippen LogP contribution is 2.45. The van der Waals surface area contributed by atoms with Gasteiger partial charge in [0, 0.05) is 7.11 Å². The predicted molar refractivity (Wildman–Crippen MR) is 76.8 cm³/mol. The third-order valence-electron chi connectivity index (χ3n) is 3.64. The maximum atomic E-state index is 13.4. The Morgan fingerprint density at radius 2 is 1.74 bits per heavy atom. The maximum Gasteiger partial charge on any atom is 0.453 e. The summed E-state index contributed by atoms with van der Waals surface area (Å²) in [5, 5.41) is 0. The van der Waals surface area contributed by atoms with Crippen LogP contribution in [0.15, 0.2) is 24.3 Å². The van der Waals surface area contributed by atoms with Crippen LogP contribution in [0, 0.1) is 0 Å². The van der Waals surface area contributed by atoms with E-state index in [0.717, 1.165) is 20.0 Å². The molecule has 0 fully saturated rings. The Morgan fingerprint density at radius 3 is 2.26 bits per heavy atom. The molecule has 1 aromatic rings. The lowest BCUT2D eigenvalue weighted by atomic mass is 9.89. The smallest absolute Gasteiger partial charge is 0.453 e. The van der Waals surface area contributed by atoms with Crippen LogP contribution in [0.5, 0.6) is 5.75 Å². The monoisotopic (exact) mass is 340 g/mol. The van der Waals surface area contributed by atoms with Gasteiger partial charge in [-0.05, 0) is 31.0 Å². The molecule has 0 saturated heterocycles. The molecule has 0 N–H and O–H groups in total. The average molecular weight is 340 g/mol. The van der Waals surface area contributed by atoms with Crippen LogP contribution in [0.2, 0.25) is 0 Å². The number of rotatable bonds is 8. The fraction of sp³-hybridized carbons (Fsp3) is 0.625. The lowest BCUT2D eigenvalue weighted by Crippen LogP contribution is -2.43. The Morgan fingerprint density at radius 1 is 1.09 bits per heavy atom. The van der Waals surface area contributed by atoms with Gasteiger partial charge in [0.25, 0.3) is 0 Å². The second kappa shape index (κ2) is 7.47. The number of ether oxygens (including phenoxy) is 2. The fourth-order valence-electron chi connectivity index (χ4n) is 2.07. The van der Waals surface area contributed by atoms with Gasteiger partial charge in [0.2, 0.25) is 0 Å². The third-order valence-corrected chi connectivity index (χ3v) is 3.64. The third kappa shape index (κ3) is 5.06. The van der Waals surface area contributed by atoms with Crippen molar-refractivity contribution in [1.82, 2.24) is 0 Å². The number of alkyl halides is 5. The van der Waals surface area contributed by atoms with Crippen molar-refractivity contribution in [1.29, 1.82) is 0 Å². The first-order valence-electron chi connectivity index (χ1n) is 7.29. The number of halogens is 5. The van der Waals surface area contributed by atoms with Gasteiger partial charge in [0.05, 0.1) is 18.6 Å². The Labute approximate surface area is 132 Å². The van der Waals surface area contributed by atoms with E-state index in [1.54, 1.807) is 12.1 Å². The summed E-state index contributed by atoms with van der Waals surface area (Å²) in [5.74, 6) is -4.44. The molecular weight excluding hydrogens is 319 g/mol. The highest BCUT2D eigenvalue weighted by molar-refractivity contribution is 5.32. The molecule has 1 atom stereocenters. The Bertz CT molecular complexity index is 501. The summed E-state index contributed by atoms with van der Waals surface area (Å²) in [6.45, 7) is 3.64. The van der Waals surface area contributed by atoms with Gasteiger partial charge in [-0.15, -0.1) is 0 Å². The van der Waals surface area contributed by atoms with Crippen LogP contribution in [0.25, 0.3) is 0 Å². The predicted octanol–water partition coefficient (Wildman–Crippen LogP) is 5.31. The molecule has 23 heavy (non-hydrogen) atoms. The quantitative estimate of drug-likeness (QED) is 0.471. The SMILES string of the molecule is CCCCOc1cccc(C(C)(CC(F)(F)C(F)(F)F)OC)c1. The Kier molecular flexibility index (Phi) is 6.39. The first-order valence-corrected chi connectivity index (χ1v) is 7.29.